The van der Waals surface area contributed by atoms with Crippen LogP contribution in [0.1, 0.15) is 27.2 Å². The Morgan fingerprint density at radius 2 is 2.36 bits per heavy atom. The summed E-state index contributed by atoms with van der Waals surface area (Å²) in [5, 5.41) is 5.60. The van der Waals surface area contributed by atoms with E-state index in [2.05, 4.69) is 18.9 Å². The fourth-order valence-electron chi connectivity index (χ4n) is 1.44. The summed E-state index contributed by atoms with van der Waals surface area (Å²) in [4.78, 5) is 11.0. The van der Waals surface area contributed by atoms with Crippen molar-refractivity contribution in [3.8, 4) is 0 Å². The molecule has 0 aromatic rings. The molecule has 1 rings (SSSR count). The third-order valence-corrected chi connectivity index (χ3v) is 2.09. The second-order valence-electron chi connectivity index (χ2n) is 2.96. The summed E-state index contributed by atoms with van der Waals surface area (Å²) in [5.41, 5.74) is 0. The number of rotatable bonds is 1. The maximum Gasteiger partial charge on any atom is 0.239 e. The van der Waals surface area contributed by atoms with Gasteiger partial charge in [-0.25, -0.2) is 5.01 Å². The number of carbonyl (C=O) groups is 1. The number of hydrogen-bond acceptors (Lipinski definition) is 2. The third kappa shape index (κ3) is 1.42. The lowest BCUT2D eigenvalue weighted by atomic mass is 10.0. The zero-order valence-electron chi connectivity index (χ0n) is 7.24. The average molecular weight is 154 g/mol. The zero-order chi connectivity index (χ0) is 8.43. The fourth-order valence-corrected chi connectivity index (χ4v) is 1.44. The van der Waals surface area contributed by atoms with E-state index in [1.807, 2.05) is 6.21 Å². The zero-order valence-corrected chi connectivity index (χ0v) is 7.24. The van der Waals surface area contributed by atoms with Crippen molar-refractivity contribution in [2.45, 2.75) is 33.2 Å². The molecule has 0 aromatic carbocycles. The van der Waals surface area contributed by atoms with Crippen molar-refractivity contribution in [2.24, 2.45) is 11.0 Å². The Kier molecular flexibility index (Phi) is 2.27. The summed E-state index contributed by atoms with van der Waals surface area (Å²) in [6.45, 7) is 5.71. The van der Waals surface area contributed by atoms with Crippen molar-refractivity contribution in [1.29, 1.82) is 0 Å². The summed E-state index contributed by atoms with van der Waals surface area (Å²) in [7, 11) is 0. The largest absolute Gasteiger partial charge is 0.273 e. The lowest BCUT2D eigenvalue weighted by molar-refractivity contribution is -0.130. The third-order valence-electron chi connectivity index (χ3n) is 2.09. The maximum atomic E-state index is 11.0. The summed E-state index contributed by atoms with van der Waals surface area (Å²) in [6, 6.07) is 0.285. The van der Waals surface area contributed by atoms with Gasteiger partial charge in [0.1, 0.15) is 0 Å². The Bertz CT molecular complexity index is 189. The van der Waals surface area contributed by atoms with Crippen molar-refractivity contribution in [3.63, 3.8) is 0 Å². The average Bonchev–Trinajstić information content (AvgIpc) is 2.30. The van der Waals surface area contributed by atoms with Gasteiger partial charge in [-0.05, 0) is 6.42 Å². The molecule has 2 unspecified atom stereocenters. The first kappa shape index (κ1) is 8.24. The molecular weight excluding hydrogens is 140 g/mol. The highest BCUT2D eigenvalue weighted by atomic mass is 16.2. The summed E-state index contributed by atoms with van der Waals surface area (Å²) in [5.74, 6) is 0.446. The van der Waals surface area contributed by atoms with E-state index in [4.69, 9.17) is 0 Å². The Morgan fingerprint density at radius 1 is 1.73 bits per heavy atom. The Morgan fingerprint density at radius 3 is 2.73 bits per heavy atom. The van der Waals surface area contributed by atoms with Crippen molar-refractivity contribution >= 4 is 12.1 Å². The van der Waals surface area contributed by atoms with E-state index in [1.165, 1.54) is 0 Å². The molecule has 0 saturated carbocycles. The number of hydrazone groups is 1. The maximum absolute atomic E-state index is 11.0. The molecule has 0 aromatic heterocycles. The molecule has 11 heavy (non-hydrogen) atoms. The van der Waals surface area contributed by atoms with Crippen LogP contribution in [0.4, 0.5) is 0 Å². The lowest BCUT2D eigenvalue weighted by Crippen LogP contribution is -2.33. The van der Waals surface area contributed by atoms with Crippen LogP contribution in [0, 0.1) is 5.92 Å². The van der Waals surface area contributed by atoms with Gasteiger partial charge in [0.25, 0.3) is 0 Å². The van der Waals surface area contributed by atoms with Crippen LogP contribution in [0.5, 0.6) is 0 Å². The number of hydrogen-bond donors (Lipinski definition) is 0. The van der Waals surface area contributed by atoms with Gasteiger partial charge in [0.2, 0.25) is 5.91 Å². The van der Waals surface area contributed by atoms with Crippen molar-refractivity contribution in [3.05, 3.63) is 0 Å². The Balaban J connectivity index is 2.68. The minimum atomic E-state index is 0.0393. The highest BCUT2D eigenvalue weighted by Gasteiger charge is 2.28. The SMILES string of the molecule is CCC1C(C)C=NN1C(C)=O. The van der Waals surface area contributed by atoms with E-state index >= 15 is 0 Å². The summed E-state index contributed by atoms with van der Waals surface area (Å²) < 4.78 is 0. The quantitative estimate of drug-likeness (QED) is 0.559. The monoisotopic (exact) mass is 154 g/mol. The molecule has 0 saturated heterocycles. The van der Waals surface area contributed by atoms with Gasteiger partial charge in [-0.15, -0.1) is 0 Å². The molecule has 0 N–H and O–H groups in total. The Labute approximate surface area is 67.1 Å². The van der Waals surface area contributed by atoms with Crippen molar-refractivity contribution in [1.82, 2.24) is 5.01 Å². The first-order valence-electron chi connectivity index (χ1n) is 4.00. The molecule has 3 nitrogen and oxygen atoms in total. The molecule has 0 fully saturated rings. The molecule has 1 aliphatic heterocycles. The highest BCUT2D eigenvalue weighted by Crippen LogP contribution is 2.19. The molecule has 0 radical (unpaired) electrons. The normalized spacial score (nSPS) is 29.5. The standard InChI is InChI=1S/C8H14N2O/c1-4-8-6(2)5-9-10(8)7(3)11/h5-6,8H,4H2,1-3H3. The minimum Gasteiger partial charge on any atom is -0.273 e. The van der Waals surface area contributed by atoms with E-state index in [1.54, 1.807) is 11.9 Å². The van der Waals surface area contributed by atoms with Crippen LogP contribution in [0.15, 0.2) is 5.10 Å². The Hall–Kier alpha value is -0.860. The number of amides is 1. The molecule has 62 valence electrons. The predicted molar refractivity (Wildman–Crippen MR) is 44.3 cm³/mol. The van der Waals surface area contributed by atoms with Gasteiger partial charge in [-0.1, -0.05) is 13.8 Å². The fraction of sp³-hybridized carbons (Fsp3) is 0.750. The summed E-state index contributed by atoms with van der Waals surface area (Å²) in [6.07, 6.45) is 2.82. The molecule has 2 atom stereocenters. The van der Waals surface area contributed by atoms with E-state index in [0.717, 1.165) is 6.42 Å². The van der Waals surface area contributed by atoms with Gasteiger partial charge < -0.3 is 0 Å². The molecule has 0 bridgehead atoms. The van der Waals surface area contributed by atoms with Crippen molar-refractivity contribution < 1.29 is 4.79 Å². The predicted octanol–water partition coefficient (Wildman–Crippen LogP) is 1.25. The second kappa shape index (κ2) is 3.03. The molecule has 1 aliphatic rings. The topological polar surface area (TPSA) is 32.7 Å². The first-order chi connectivity index (χ1) is 5.16. The molecule has 1 heterocycles. The van der Waals surface area contributed by atoms with Gasteiger partial charge >= 0.3 is 0 Å². The smallest absolute Gasteiger partial charge is 0.239 e. The first-order valence-corrected chi connectivity index (χ1v) is 4.00. The van der Waals surface area contributed by atoms with Gasteiger partial charge in [0, 0.05) is 19.1 Å². The molecule has 0 spiro atoms. The van der Waals surface area contributed by atoms with Crippen molar-refractivity contribution in [2.75, 3.05) is 0 Å². The van der Waals surface area contributed by atoms with Gasteiger partial charge in [0.05, 0.1) is 6.04 Å². The molecule has 1 amide bonds. The van der Waals surface area contributed by atoms with Crippen LogP contribution in [0.2, 0.25) is 0 Å². The van der Waals surface area contributed by atoms with Crippen LogP contribution in [-0.2, 0) is 4.79 Å². The lowest BCUT2D eigenvalue weighted by Gasteiger charge is -2.21. The van der Waals surface area contributed by atoms with E-state index < -0.39 is 0 Å². The van der Waals surface area contributed by atoms with Gasteiger partial charge in [-0.3, -0.25) is 4.79 Å². The van der Waals surface area contributed by atoms with Crippen LogP contribution in [-0.4, -0.2) is 23.2 Å². The van der Waals surface area contributed by atoms with Crippen LogP contribution >= 0.6 is 0 Å². The van der Waals surface area contributed by atoms with Crippen LogP contribution in [0.25, 0.3) is 0 Å². The van der Waals surface area contributed by atoms with E-state index in [9.17, 15) is 4.79 Å². The molecule has 3 heteroatoms. The van der Waals surface area contributed by atoms with E-state index in [-0.39, 0.29) is 11.9 Å². The van der Waals surface area contributed by atoms with E-state index in [0.29, 0.717) is 5.92 Å². The highest BCUT2D eigenvalue weighted by molar-refractivity contribution is 5.77. The van der Waals surface area contributed by atoms with Gasteiger partial charge in [-0.2, -0.15) is 5.10 Å². The second-order valence-corrected chi connectivity index (χ2v) is 2.96. The summed E-state index contributed by atoms with van der Waals surface area (Å²) >= 11 is 0. The molecular formula is C8H14N2O. The number of nitrogens with zero attached hydrogens (tertiary/aromatic N) is 2. The minimum absolute atomic E-state index is 0.0393. The van der Waals surface area contributed by atoms with Gasteiger partial charge in [0.15, 0.2) is 0 Å². The van der Waals surface area contributed by atoms with Crippen LogP contribution in [0.3, 0.4) is 0 Å². The number of carbonyl (C=O) groups excluding carboxylic acids is 1. The van der Waals surface area contributed by atoms with Crippen LogP contribution < -0.4 is 0 Å². The molecule has 0 aliphatic carbocycles.